The van der Waals surface area contributed by atoms with E-state index < -0.39 is 21.9 Å². The van der Waals surface area contributed by atoms with Crippen LogP contribution in [0, 0.1) is 17.7 Å². The molecule has 0 aliphatic heterocycles. The molecule has 0 bridgehead atoms. The smallest absolute Gasteiger partial charge is 0.246 e. The Hall–Kier alpha value is -1.55. The number of imide groups is 1. The van der Waals surface area contributed by atoms with E-state index in [-0.39, 0.29) is 40.7 Å². The van der Waals surface area contributed by atoms with Gasteiger partial charge >= 0.3 is 0 Å². The molecule has 0 radical (unpaired) electrons. The maximum absolute atomic E-state index is 13.2. The fourth-order valence-corrected chi connectivity index (χ4v) is 6.08. The van der Waals surface area contributed by atoms with Gasteiger partial charge in [0.15, 0.2) is 0 Å². The van der Waals surface area contributed by atoms with Crippen LogP contribution in [0.1, 0.15) is 78.1 Å². The van der Waals surface area contributed by atoms with Crippen molar-refractivity contribution in [2.45, 2.75) is 89.0 Å². The number of amides is 2. The first-order valence-corrected chi connectivity index (χ1v) is 14.4. The number of nitrogens with two attached hydrogens (primary N) is 1. The lowest BCUT2D eigenvalue weighted by molar-refractivity contribution is -0.146. The van der Waals surface area contributed by atoms with E-state index in [2.05, 4.69) is 4.72 Å². The molecular weight excluding hydrogens is 493 g/mol. The zero-order valence-electron chi connectivity index (χ0n) is 20.8. The van der Waals surface area contributed by atoms with E-state index in [1.807, 2.05) is 13.8 Å². The molecule has 0 spiro atoms. The molecular formula is C25H39ClFN3O4S. The monoisotopic (exact) mass is 531 g/mol. The van der Waals surface area contributed by atoms with E-state index in [4.69, 9.17) is 17.3 Å². The molecule has 10 heteroatoms. The summed E-state index contributed by atoms with van der Waals surface area (Å²) in [4.78, 5) is 27.0. The van der Waals surface area contributed by atoms with Gasteiger partial charge in [0.25, 0.3) is 0 Å². The van der Waals surface area contributed by atoms with Crippen molar-refractivity contribution >= 4 is 33.4 Å². The van der Waals surface area contributed by atoms with E-state index in [1.165, 1.54) is 24.2 Å². The SMILES string of the molecule is CC(C)C[C@H](N)C(=O)N(CCCCNS(=O)(=O)c1ccc(F)cc1Cl)C(=O)CCC1CCCCC1. The highest BCUT2D eigenvalue weighted by molar-refractivity contribution is 7.89. The van der Waals surface area contributed by atoms with Crippen LogP contribution >= 0.6 is 11.6 Å². The van der Waals surface area contributed by atoms with Crippen LogP contribution in [0.3, 0.4) is 0 Å². The number of sulfonamides is 1. The van der Waals surface area contributed by atoms with Crippen molar-refractivity contribution in [2.24, 2.45) is 17.6 Å². The number of halogens is 2. The minimum atomic E-state index is -3.91. The van der Waals surface area contributed by atoms with Gasteiger partial charge in [-0.2, -0.15) is 0 Å². The fourth-order valence-electron chi connectivity index (χ4n) is 4.48. The van der Waals surface area contributed by atoms with Gasteiger partial charge < -0.3 is 5.73 Å². The number of nitrogens with one attached hydrogen (secondary N) is 1. The Bertz CT molecular complexity index is 952. The van der Waals surface area contributed by atoms with Gasteiger partial charge in [-0.3, -0.25) is 14.5 Å². The Balaban J connectivity index is 1.91. The lowest BCUT2D eigenvalue weighted by Gasteiger charge is -2.26. The molecule has 0 unspecified atom stereocenters. The standard InChI is InChI=1S/C25H39ClFN3O4S/c1-18(2)16-22(28)25(32)30(24(31)13-10-19-8-4-3-5-9-19)15-7-6-14-29-35(33,34)23-12-11-20(27)17-21(23)26/h11-12,17-19,22,29H,3-10,13-16,28H2,1-2H3/t22-/m0/s1. The van der Waals surface area contributed by atoms with Crippen LogP contribution in [0.5, 0.6) is 0 Å². The molecule has 1 aromatic carbocycles. The summed E-state index contributed by atoms with van der Waals surface area (Å²) < 4.78 is 40.6. The van der Waals surface area contributed by atoms with Gasteiger partial charge in [-0.1, -0.05) is 57.6 Å². The third-order valence-electron chi connectivity index (χ3n) is 6.38. The van der Waals surface area contributed by atoms with Crippen LogP contribution in [0.2, 0.25) is 5.02 Å². The van der Waals surface area contributed by atoms with Crippen molar-refractivity contribution in [3.05, 3.63) is 29.0 Å². The van der Waals surface area contributed by atoms with Crippen LogP contribution in [-0.4, -0.2) is 44.3 Å². The zero-order chi connectivity index (χ0) is 26.0. The summed E-state index contributed by atoms with van der Waals surface area (Å²) in [5, 5.41) is -0.197. The van der Waals surface area contributed by atoms with Crippen molar-refractivity contribution < 1.29 is 22.4 Å². The minimum Gasteiger partial charge on any atom is -0.320 e. The molecule has 35 heavy (non-hydrogen) atoms. The third kappa shape index (κ3) is 9.79. The first kappa shape index (κ1) is 29.7. The van der Waals surface area contributed by atoms with Gasteiger partial charge in [0, 0.05) is 19.5 Å². The molecule has 2 rings (SSSR count). The number of nitrogens with zero attached hydrogens (tertiary/aromatic N) is 1. The van der Waals surface area contributed by atoms with Crippen LogP contribution in [-0.2, 0) is 19.6 Å². The number of carbonyl (C=O) groups is 2. The Labute approximate surface area is 214 Å². The molecule has 198 valence electrons. The lowest BCUT2D eigenvalue weighted by atomic mass is 9.86. The van der Waals surface area contributed by atoms with Gasteiger partial charge in [-0.25, -0.2) is 17.5 Å². The molecule has 0 aromatic heterocycles. The number of hydrogen-bond donors (Lipinski definition) is 2. The number of carbonyl (C=O) groups excluding carboxylic acids is 2. The number of unbranched alkanes of at least 4 members (excludes halogenated alkanes) is 1. The quantitative estimate of drug-likeness (QED) is 0.361. The Morgan fingerprint density at radius 3 is 2.51 bits per heavy atom. The summed E-state index contributed by atoms with van der Waals surface area (Å²) in [5.41, 5.74) is 6.10. The van der Waals surface area contributed by atoms with Crippen LogP contribution in [0.25, 0.3) is 0 Å². The van der Waals surface area contributed by atoms with E-state index in [9.17, 15) is 22.4 Å². The summed E-state index contributed by atoms with van der Waals surface area (Å²) >= 11 is 5.86. The number of benzene rings is 1. The molecule has 0 heterocycles. The summed E-state index contributed by atoms with van der Waals surface area (Å²) in [7, 11) is -3.91. The highest BCUT2D eigenvalue weighted by Crippen LogP contribution is 2.27. The van der Waals surface area contributed by atoms with Crippen molar-refractivity contribution in [3.63, 3.8) is 0 Å². The van der Waals surface area contributed by atoms with Crippen LogP contribution < -0.4 is 10.5 Å². The number of rotatable bonds is 13. The normalized spacial score (nSPS) is 15.8. The molecule has 1 saturated carbocycles. The minimum absolute atomic E-state index is 0.0897. The predicted molar refractivity (Wildman–Crippen MR) is 136 cm³/mol. The molecule has 0 saturated heterocycles. The van der Waals surface area contributed by atoms with E-state index in [0.29, 0.717) is 31.6 Å². The largest absolute Gasteiger partial charge is 0.320 e. The van der Waals surface area contributed by atoms with Crippen LogP contribution in [0.15, 0.2) is 23.1 Å². The van der Waals surface area contributed by atoms with Gasteiger partial charge in [-0.15, -0.1) is 0 Å². The fraction of sp³-hybridized carbons (Fsp3) is 0.680. The van der Waals surface area contributed by atoms with Crippen molar-refractivity contribution in [2.75, 3.05) is 13.1 Å². The van der Waals surface area contributed by atoms with Gasteiger partial charge in [0.1, 0.15) is 10.7 Å². The first-order chi connectivity index (χ1) is 16.5. The summed E-state index contributed by atoms with van der Waals surface area (Å²) in [6, 6.07) is 2.34. The highest BCUT2D eigenvalue weighted by atomic mass is 35.5. The van der Waals surface area contributed by atoms with Crippen molar-refractivity contribution in [1.29, 1.82) is 0 Å². The van der Waals surface area contributed by atoms with Crippen molar-refractivity contribution in [1.82, 2.24) is 9.62 Å². The first-order valence-electron chi connectivity index (χ1n) is 12.6. The third-order valence-corrected chi connectivity index (χ3v) is 8.33. The lowest BCUT2D eigenvalue weighted by Crippen LogP contribution is -2.47. The predicted octanol–water partition coefficient (Wildman–Crippen LogP) is 4.63. The van der Waals surface area contributed by atoms with Gasteiger partial charge in [-0.05, 0) is 55.7 Å². The molecule has 1 aliphatic carbocycles. The second-order valence-electron chi connectivity index (χ2n) is 9.84. The van der Waals surface area contributed by atoms with Gasteiger partial charge in [0.05, 0.1) is 11.1 Å². The second-order valence-corrected chi connectivity index (χ2v) is 12.0. The highest BCUT2D eigenvalue weighted by Gasteiger charge is 2.27. The molecule has 7 nitrogen and oxygen atoms in total. The van der Waals surface area contributed by atoms with Crippen LogP contribution in [0.4, 0.5) is 4.39 Å². The van der Waals surface area contributed by atoms with Crippen molar-refractivity contribution in [3.8, 4) is 0 Å². The molecule has 2 amide bonds. The van der Waals surface area contributed by atoms with E-state index in [0.717, 1.165) is 37.5 Å². The Kier molecular flexibility index (Phi) is 12.1. The second kappa shape index (κ2) is 14.3. The molecule has 1 fully saturated rings. The van der Waals surface area contributed by atoms with E-state index in [1.54, 1.807) is 0 Å². The Morgan fingerprint density at radius 1 is 1.20 bits per heavy atom. The average Bonchev–Trinajstić information content (AvgIpc) is 2.79. The molecule has 3 N–H and O–H groups in total. The number of hydrogen-bond acceptors (Lipinski definition) is 5. The van der Waals surface area contributed by atoms with Gasteiger partial charge in [0.2, 0.25) is 21.8 Å². The topological polar surface area (TPSA) is 110 Å². The average molecular weight is 532 g/mol. The molecule has 1 aromatic rings. The zero-order valence-corrected chi connectivity index (χ0v) is 22.3. The summed E-state index contributed by atoms with van der Waals surface area (Å²) in [5.74, 6) is -0.450. The van der Waals surface area contributed by atoms with E-state index >= 15 is 0 Å². The Morgan fingerprint density at radius 2 is 1.89 bits per heavy atom. The maximum Gasteiger partial charge on any atom is 0.246 e. The maximum atomic E-state index is 13.2. The summed E-state index contributed by atoms with van der Waals surface area (Å²) in [6.07, 6.45) is 8.31. The molecule has 1 atom stereocenters. The molecule has 1 aliphatic rings. The summed E-state index contributed by atoms with van der Waals surface area (Å²) in [6.45, 7) is 4.23.